The summed E-state index contributed by atoms with van der Waals surface area (Å²) in [5.74, 6) is 1.21. The molecule has 2 unspecified atom stereocenters. The van der Waals surface area contributed by atoms with Gasteiger partial charge in [-0.1, -0.05) is 12.1 Å². The molecular weight excluding hydrogens is 208 g/mol. The first-order valence-electron chi connectivity index (χ1n) is 5.09. The van der Waals surface area contributed by atoms with E-state index in [1.54, 1.807) is 6.20 Å². The van der Waals surface area contributed by atoms with Crippen LogP contribution in [0.5, 0.6) is 0 Å². The highest BCUT2D eigenvalue weighted by Gasteiger charge is 2.20. The first kappa shape index (κ1) is 10.7. The summed E-state index contributed by atoms with van der Waals surface area (Å²) in [4.78, 5) is 4.28. The van der Waals surface area contributed by atoms with Crippen molar-refractivity contribution in [2.45, 2.75) is 25.8 Å². The molecule has 2 aromatic rings. The monoisotopic (exact) mass is 222 g/mol. The summed E-state index contributed by atoms with van der Waals surface area (Å²) in [6, 6.07) is 0.269. The molecule has 0 saturated heterocycles. The molecule has 16 heavy (non-hydrogen) atoms. The van der Waals surface area contributed by atoms with Crippen molar-refractivity contribution >= 4 is 0 Å². The first-order chi connectivity index (χ1) is 7.72. The minimum atomic E-state index is 0.151. The van der Waals surface area contributed by atoms with Crippen LogP contribution in [0.15, 0.2) is 10.7 Å². The molecule has 0 radical (unpaired) electrons. The summed E-state index contributed by atoms with van der Waals surface area (Å²) in [6.45, 7) is 4.09. The van der Waals surface area contributed by atoms with Gasteiger partial charge in [-0.05, 0) is 14.0 Å². The molecule has 0 aromatic carbocycles. The number of aromatic amines is 1. The van der Waals surface area contributed by atoms with Crippen molar-refractivity contribution in [2.24, 2.45) is 0 Å². The molecule has 2 aromatic heterocycles. The molecule has 0 amide bonds. The van der Waals surface area contributed by atoms with Gasteiger partial charge < -0.3 is 9.84 Å². The van der Waals surface area contributed by atoms with Crippen molar-refractivity contribution in [1.29, 1.82) is 0 Å². The minimum Gasteiger partial charge on any atom is -0.339 e. The molecule has 0 aliphatic rings. The SMILES string of the molecule is CNC(C)C(C)c1nc(-c2cn[nH]n2)no1. The molecule has 0 fully saturated rings. The van der Waals surface area contributed by atoms with Crippen molar-refractivity contribution in [3.05, 3.63) is 12.1 Å². The van der Waals surface area contributed by atoms with E-state index >= 15 is 0 Å². The molecule has 7 heteroatoms. The molecule has 0 aliphatic carbocycles. The van der Waals surface area contributed by atoms with Crippen LogP contribution in [0.25, 0.3) is 11.5 Å². The largest absolute Gasteiger partial charge is 0.339 e. The van der Waals surface area contributed by atoms with Crippen LogP contribution in [0.1, 0.15) is 25.7 Å². The first-order valence-corrected chi connectivity index (χ1v) is 5.09. The number of nitrogens with one attached hydrogen (secondary N) is 2. The van der Waals surface area contributed by atoms with Crippen LogP contribution in [0.4, 0.5) is 0 Å². The number of hydrogen-bond donors (Lipinski definition) is 2. The summed E-state index contributed by atoms with van der Waals surface area (Å²) in [7, 11) is 1.90. The number of rotatable bonds is 4. The van der Waals surface area contributed by atoms with E-state index in [0.717, 1.165) is 0 Å². The van der Waals surface area contributed by atoms with Crippen molar-refractivity contribution in [3.8, 4) is 11.5 Å². The lowest BCUT2D eigenvalue weighted by atomic mass is 10.0. The van der Waals surface area contributed by atoms with Gasteiger partial charge in [0.25, 0.3) is 0 Å². The average Bonchev–Trinajstić information content (AvgIpc) is 2.96. The van der Waals surface area contributed by atoms with Gasteiger partial charge in [-0.15, -0.1) is 0 Å². The standard InChI is InChI=1S/C9H14N6O/c1-5(6(2)10-3)9-12-8(14-16-9)7-4-11-15-13-7/h4-6,10H,1-3H3,(H,11,13,15). The van der Waals surface area contributed by atoms with E-state index in [-0.39, 0.29) is 12.0 Å². The van der Waals surface area contributed by atoms with E-state index in [4.69, 9.17) is 4.52 Å². The van der Waals surface area contributed by atoms with Crippen LogP contribution < -0.4 is 5.32 Å². The fourth-order valence-corrected chi connectivity index (χ4v) is 1.30. The Labute approximate surface area is 92.6 Å². The average molecular weight is 222 g/mol. The zero-order chi connectivity index (χ0) is 11.5. The molecule has 0 saturated carbocycles. The van der Waals surface area contributed by atoms with Crippen LogP contribution in [-0.2, 0) is 0 Å². The third-order valence-electron chi connectivity index (χ3n) is 2.68. The zero-order valence-corrected chi connectivity index (χ0v) is 9.43. The van der Waals surface area contributed by atoms with Crippen LogP contribution in [0.3, 0.4) is 0 Å². The van der Waals surface area contributed by atoms with Gasteiger partial charge in [0.1, 0.15) is 0 Å². The Bertz CT molecular complexity index is 437. The Morgan fingerprint density at radius 3 is 2.88 bits per heavy atom. The molecule has 2 atom stereocenters. The van der Waals surface area contributed by atoms with Gasteiger partial charge in [0.15, 0.2) is 5.69 Å². The Morgan fingerprint density at radius 1 is 1.44 bits per heavy atom. The molecule has 0 bridgehead atoms. The number of H-pyrrole nitrogens is 1. The third kappa shape index (κ3) is 1.94. The van der Waals surface area contributed by atoms with E-state index in [9.17, 15) is 0 Å². The maximum Gasteiger partial charge on any atom is 0.231 e. The fraction of sp³-hybridized carbons (Fsp3) is 0.556. The lowest BCUT2D eigenvalue weighted by Crippen LogP contribution is -2.27. The molecule has 2 N–H and O–H groups in total. The van der Waals surface area contributed by atoms with Gasteiger partial charge in [0, 0.05) is 6.04 Å². The van der Waals surface area contributed by atoms with Crippen molar-refractivity contribution < 1.29 is 4.52 Å². The normalized spacial score (nSPS) is 14.9. The Hall–Kier alpha value is -1.76. The van der Waals surface area contributed by atoms with Gasteiger partial charge >= 0.3 is 0 Å². The van der Waals surface area contributed by atoms with Crippen molar-refractivity contribution in [3.63, 3.8) is 0 Å². The topological polar surface area (TPSA) is 92.5 Å². The van der Waals surface area contributed by atoms with E-state index in [2.05, 4.69) is 37.8 Å². The van der Waals surface area contributed by atoms with Crippen molar-refractivity contribution in [2.75, 3.05) is 7.05 Å². The van der Waals surface area contributed by atoms with Gasteiger partial charge in [-0.25, -0.2) is 0 Å². The smallest absolute Gasteiger partial charge is 0.231 e. The zero-order valence-electron chi connectivity index (χ0n) is 9.43. The van der Waals surface area contributed by atoms with Crippen LogP contribution in [0.2, 0.25) is 0 Å². The van der Waals surface area contributed by atoms with Gasteiger partial charge in [0.2, 0.25) is 11.7 Å². The van der Waals surface area contributed by atoms with E-state index in [0.29, 0.717) is 17.4 Å². The fourth-order valence-electron chi connectivity index (χ4n) is 1.30. The van der Waals surface area contributed by atoms with E-state index in [1.807, 2.05) is 14.0 Å². The maximum absolute atomic E-state index is 5.19. The molecule has 86 valence electrons. The number of likely N-dealkylation sites (N-methyl/N-ethyl adjacent to an activating group) is 1. The second kappa shape index (κ2) is 4.40. The van der Waals surface area contributed by atoms with Crippen molar-refractivity contribution in [1.82, 2.24) is 30.9 Å². The van der Waals surface area contributed by atoms with Gasteiger partial charge in [-0.3, -0.25) is 0 Å². The lowest BCUT2D eigenvalue weighted by Gasteiger charge is -2.14. The highest BCUT2D eigenvalue weighted by Crippen LogP contribution is 2.19. The predicted octanol–water partition coefficient (Wildman–Crippen LogP) is 0.566. The number of aromatic nitrogens is 5. The lowest BCUT2D eigenvalue weighted by molar-refractivity contribution is 0.336. The predicted molar refractivity (Wildman–Crippen MR) is 56.6 cm³/mol. The second-order valence-electron chi connectivity index (χ2n) is 3.68. The minimum absolute atomic E-state index is 0.151. The molecule has 7 nitrogen and oxygen atoms in total. The Kier molecular flexibility index (Phi) is 2.95. The van der Waals surface area contributed by atoms with E-state index < -0.39 is 0 Å². The number of hydrogen-bond acceptors (Lipinski definition) is 6. The summed E-state index contributed by atoms with van der Waals surface area (Å²) in [5, 5.41) is 17.1. The third-order valence-corrected chi connectivity index (χ3v) is 2.68. The molecule has 0 aliphatic heterocycles. The van der Waals surface area contributed by atoms with Crippen LogP contribution >= 0.6 is 0 Å². The number of nitrogens with zero attached hydrogens (tertiary/aromatic N) is 4. The van der Waals surface area contributed by atoms with Crippen LogP contribution in [-0.4, -0.2) is 38.6 Å². The molecule has 0 spiro atoms. The van der Waals surface area contributed by atoms with Gasteiger partial charge in [-0.2, -0.15) is 20.4 Å². The molecular formula is C9H14N6O. The van der Waals surface area contributed by atoms with Gasteiger partial charge in [0.05, 0.1) is 12.1 Å². The highest BCUT2D eigenvalue weighted by atomic mass is 16.5. The summed E-state index contributed by atoms with van der Waals surface area (Å²) < 4.78 is 5.19. The quantitative estimate of drug-likeness (QED) is 0.785. The summed E-state index contributed by atoms with van der Waals surface area (Å²) in [5.41, 5.74) is 0.583. The highest BCUT2D eigenvalue weighted by molar-refractivity contribution is 5.44. The Balaban J connectivity index is 2.20. The maximum atomic E-state index is 5.19. The van der Waals surface area contributed by atoms with E-state index in [1.165, 1.54) is 0 Å². The molecule has 2 rings (SSSR count). The second-order valence-corrected chi connectivity index (χ2v) is 3.68. The van der Waals surface area contributed by atoms with Crippen LogP contribution in [0, 0.1) is 0 Å². The summed E-state index contributed by atoms with van der Waals surface area (Å²) >= 11 is 0. The molecule has 2 heterocycles. The Morgan fingerprint density at radius 2 is 2.25 bits per heavy atom. The summed E-state index contributed by atoms with van der Waals surface area (Å²) in [6.07, 6.45) is 1.56.